The molecule has 2 aromatic heterocycles. The minimum atomic E-state index is -0.730. The number of aromatic nitrogens is 1. The first-order chi connectivity index (χ1) is 14.7. The lowest BCUT2D eigenvalue weighted by Crippen LogP contribution is -2.39. The molecular weight excluding hydrogens is 398 g/mol. The molecule has 0 saturated heterocycles. The zero-order valence-electron chi connectivity index (χ0n) is 15.8. The fourth-order valence-electron chi connectivity index (χ4n) is 2.72. The molecule has 0 aliphatic heterocycles. The van der Waals surface area contributed by atoms with Gasteiger partial charge in [0.25, 0.3) is 0 Å². The first kappa shape index (κ1) is 19.4. The van der Waals surface area contributed by atoms with Crippen molar-refractivity contribution in [1.29, 1.82) is 0 Å². The van der Waals surface area contributed by atoms with E-state index in [-0.39, 0.29) is 13.1 Å². The molecule has 0 bridgehead atoms. The highest BCUT2D eigenvalue weighted by atomic mass is 32.1. The molecule has 0 fully saturated rings. The normalized spacial score (nSPS) is 10.3. The summed E-state index contributed by atoms with van der Waals surface area (Å²) in [5, 5.41) is 8.58. The average Bonchev–Trinajstić information content (AvgIpc) is 3.42. The summed E-state index contributed by atoms with van der Waals surface area (Å²) in [6.45, 7) is 0.251. The molecule has 0 aliphatic carbocycles. The van der Waals surface area contributed by atoms with Gasteiger partial charge < -0.3 is 15.1 Å². The Bertz CT molecular complexity index is 1220. The van der Waals surface area contributed by atoms with E-state index >= 15 is 0 Å². The van der Waals surface area contributed by atoms with E-state index in [1.807, 2.05) is 66.0 Å². The van der Waals surface area contributed by atoms with Gasteiger partial charge in [-0.2, -0.15) is 0 Å². The maximum Gasteiger partial charge on any atom is 0.310 e. The number of fused-ring (bicyclic) bond motifs is 1. The summed E-state index contributed by atoms with van der Waals surface area (Å²) in [6.07, 6.45) is 0. The van der Waals surface area contributed by atoms with E-state index in [2.05, 4.69) is 27.5 Å². The molecule has 0 radical (unpaired) electrons. The van der Waals surface area contributed by atoms with Gasteiger partial charge in [-0.15, -0.1) is 11.3 Å². The van der Waals surface area contributed by atoms with Crippen LogP contribution in [0.15, 0.2) is 70.5 Å². The third-order valence-electron chi connectivity index (χ3n) is 4.18. The summed E-state index contributed by atoms with van der Waals surface area (Å²) >= 11 is 1.39. The molecule has 2 aromatic carbocycles. The highest BCUT2D eigenvalue weighted by molar-refractivity contribution is 7.09. The topological polar surface area (TPSA) is 84.2 Å². The number of hydrogen-bond donors (Lipinski definition) is 2. The molecule has 2 amide bonds. The van der Waals surface area contributed by atoms with Gasteiger partial charge in [0.2, 0.25) is 0 Å². The predicted octanol–water partition coefficient (Wildman–Crippen LogP) is 3.34. The molecule has 148 valence electrons. The molecule has 4 aromatic rings. The van der Waals surface area contributed by atoms with Crippen molar-refractivity contribution in [1.82, 2.24) is 15.6 Å². The van der Waals surface area contributed by atoms with Crippen molar-refractivity contribution in [2.24, 2.45) is 0 Å². The minimum absolute atomic E-state index is 0.0919. The second-order valence-electron chi connectivity index (χ2n) is 6.31. The Balaban J connectivity index is 1.28. The quantitative estimate of drug-likeness (QED) is 0.396. The molecule has 4 rings (SSSR count). The lowest BCUT2D eigenvalue weighted by Gasteiger charge is -2.02. The highest BCUT2D eigenvalue weighted by Crippen LogP contribution is 2.28. The van der Waals surface area contributed by atoms with Crippen LogP contribution in [0.1, 0.15) is 10.6 Å². The minimum Gasteiger partial charge on any atom is -0.454 e. The van der Waals surface area contributed by atoms with Crippen LogP contribution in [0.5, 0.6) is 0 Å². The van der Waals surface area contributed by atoms with Crippen molar-refractivity contribution < 1.29 is 14.0 Å². The van der Waals surface area contributed by atoms with Crippen LogP contribution >= 0.6 is 11.3 Å². The Morgan fingerprint density at radius 1 is 1.00 bits per heavy atom. The fraction of sp³-hybridized carbons (Fsp3) is 0.0870. The van der Waals surface area contributed by atoms with Crippen LogP contribution in [0, 0.1) is 11.8 Å². The number of nitrogens with one attached hydrogen (secondary N) is 2. The number of amides is 2. The monoisotopic (exact) mass is 415 g/mol. The summed E-state index contributed by atoms with van der Waals surface area (Å²) in [4.78, 5) is 28.3. The Labute approximate surface area is 176 Å². The standard InChI is InChI=1S/C23H17N3O3S/c27-22(24-12-6-9-16-7-2-1-3-8-16)23(28)25-14-21-26-18(15-30-21)20-13-17-10-4-5-11-19(17)29-20/h1-5,7-8,10-11,13,15H,12,14H2,(H,24,27)(H,25,28). The molecule has 2 N–H and O–H groups in total. The van der Waals surface area contributed by atoms with Gasteiger partial charge in [-0.05, 0) is 24.3 Å². The van der Waals surface area contributed by atoms with Crippen LogP contribution in [0.4, 0.5) is 0 Å². The number of para-hydroxylation sites is 1. The highest BCUT2D eigenvalue weighted by Gasteiger charge is 2.14. The molecule has 0 unspecified atom stereocenters. The Hall–Kier alpha value is -3.89. The van der Waals surface area contributed by atoms with Crippen molar-refractivity contribution in [3.05, 3.63) is 76.6 Å². The number of furan rings is 1. The lowest BCUT2D eigenvalue weighted by molar-refractivity contribution is -0.139. The van der Waals surface area contributed by atoms with Crippen molar-refractivity contribution >= 4 is 34.1 Å². The van der Waals surface area contributed by atoms with Gasteiger partial charge in [-0.1, -0.05) is 48.2 Å². The first-order valence-corrected chi connectivity index (χ1v) is 10.1. The molecule has 0 atom stereocenters. The Morgan fingerprint density at radius 2 is 1.77 bits per heavy atom. The van der Waals surface area contributed by atoms with Gasteiger partial charge >= 0.3 is 11.8 Å². The van der Waals surface area contributed by atoms with Crippen molar-refractivity contribution in [2.75, 3.05) is 6.54 Å². The van der Waals surface area contributed by atoms with E-state index in [1.165, 1.54) is 11.3 Å². The first-order valence-electron chi connectivity index (χ1n) is 9.22. The average molecular weight is 415 g/mol. The zero-order chi connectivity index (χ0) is 20.8. The van der Waals surface area contributed by atoms with E-state index in [9.17, 15) is 9.59 Å². The van der Waals surface area contributed by atoms with E-state index in [0.29, 0.717) is 16.5 Å². The van der Waals surface area contributed by atoms with E-state index in [1.54, 1.807) is 0 Å². The molecule has 0 aliphatic rings. The van der Waals surface area contributed by atoms with E-state index in [4.69, 9.17) is 4.42 Å². The van der Waals surface area contributed by atoms with Crippen molar-refractivity contribution in [3.63, 3.8) is 0 Å². The lowest BCUT2D eigenvalue weighted by atomic mass is 10.2. The second-order valence-corrected chi connectivity index (χ2v) is 7.25. The zero-order valence-corrected chi connectivity index (χ0v) is 16.7. The SMILES string of the molecule is O=C(NCC#Cc1ccccc1)C(=O)NCc1nc(-c2cc3ccccc3o2)cs1. The van der Waals surface area contributed by atoms with Crippen LogP contribution in [-0.2, 0) is 16.1 Å². The van der Waals surface area contributed by atoms with Gasteiger partial charge in [-0.3, -0.25) is 9.59 Å². The number of thiazole rings is 1. The molecule has 0 saturated carbocycles. The smallest absolute Gasteiger partial charge is 0.310 e. The molecule has 30 heavy (non-hydrogen) atoms. The summed E-state index contributed by atoms with van der Waals surface area (Å²) in [5.74, 6) is 4.93. The van der Waals surface area contributed by atoms with Gasteiger partial charge in [0.15, 0.2) is 5.76 Å². The fourth-order valence-corrected chi connectivity index (χ4v) is 3.45. The molecule has 2 heterocycles. The van der Waals surface area contributed by atoms with Crippen LogP contribution in [0.2, 0.25) is 0 Å². The number of carbonyl (C=O) groups excluding carboxylic acids is 2. The molecule has 0 spiro atoms. The van der Waals surface area contributed by atoms with Crippen molar-refractivity contribution in [2.45, 2.75) is 6.54 Å². The number of nitrogens with zero attached hydrogens (tertiary/aromatic N) is 1. The summed E-state index contributed by atoms with van der Waals surface area (Å²) < 4.78 is 5.80. The van der Waals surface area contributed by atoms with Gasteiger partial charge in [0.1, 0.15) is 16.3 Å². The molecular formula is C23H17N3O3S. The summed E-state index contributed by atoms with van der Waals surface area (Å²) in [5.41, 5.74) is 2.34. The third kappa shape index (κ3) is 4.74. The van der Waals surface area contributed by atoms with Crippen molar-refractivity contribution in [3.8, 4) is 23.3 Å². The number of hydrogen-bond acceptors (Lipinski definition) is 5. The predicted molar refractivity (Wildman–Crippen MR) is 115 cm³/mol. The number of benzene rings is 2. The maximum atomic E-state index is 12.0. The van der Waals surface area contributed by atoms with Gasteiger partial charge in [0, 0.05) is 16.3 Å². The molecule has 7 heteroatoms. The Morgan fingerprint density at radius 3 is 2.60 bits per heavy atom. The maximum absolute atomic E-state index is 12.0. The summed E-state index contributed by atoms with van der Waals surface area (Å²) in [7, 11) is 0. The van der Waals surface area contributed by atoms with E-state index in [0.717, 1.165) is 16.5 Å². The summed E-state index contributed by atoms with van der Waals surface area (Å²) in [6, 6.07) is 19.1. The largest absolute Gasteiger partial charge is 0.454 e. The number of carbonyl (C=O) groups is 2. The molecule has 6 nitrogen and oxygen atoms in total. The van der Waals surface area contributed by atoms with Crippen LogP contribution in [0.25, 0.3) is 22.4 Å². The van der Waals surface area contributed by atoms with Gasteiger partial charge in [-0.25, -0.2) is 4.98 Å². The van der Waals surface area contributed by atoms with E-state index < -0.39 is 11.8 Å². The van der Waals surface area contributed by atoms with Crippen LogP contribution in [-0.4, -0.2) is 23.3 Å². The third-order valence-corrected chi connectivity index (χ3v) is 5.03. The number of rotatable bonds is 4. The van der Waals surface area contributed by atoms with Crippen LogP contribution in [0.3, 0.4) is 0 Å². The van der Waals surface area contributed by atoms with Gasteiger partial charge in [0.05, 0.1) is 13.1 Å². The van der Waals surface area contributed by atoms with Crippen LogP contribution < -0.4 is 10.6 Å². The second kappa shape index (κ2) is 9.07. The Kier molecular flexibility index (Phi) is 5.88.